The fraction of sp³-hybridized carbons (Fsp3) is 0.154. The summed E-state index contributed by atoms with van der Waals surface area (Å²) < 4.78 is 5.11. The lowest BCUT2D eigenvalue weighted by Crippen LogP contribution is -2.09. The van der Waals surface area contributed by atoms with Crippen molar-refractivity contribution in [1.29, 1.82) is 0 Å². The number of aliphatic carboxylic acids is 1. The van der Waals surface area contributed by atoms with E-state index in [1.807, 2.05) is 0 Å². The first-order chi connectivity index (χ1) is 9.00. The molecule has 0 amide bonds. The van der Waals surface area contributed by atoms with Gasteiger partial charge in [0.15, 0.2) is 0 Å². The summed E-state index contributed by atoms with van der Waals surface area (Å²) in [7, 11) is 0. The minimum atomic E-state index is -1.13. The third-order valence-corrected chi connectivity index (χ3v) is 2.58. The van der Waals surface area contributed by atoms with Crippen molar-refractivity contribution >= 4 is 23.2 Å². The Morgan fingerprint density at radius 3 is 2.89 bits per heavy atom. The van der Waals surface area contributed by atoms with Crippen LogP contribution in [-0.2, 0) is 4.79 Å². The van der Waals surface area contributed by atoms with Crippen molar-refractivity contribution in [3.8, 4) is 5.75 Å². The molecule has 0 radical (unpaired) electrons. The lowest BCUT2D eigenvalue weighted by atomic mass is 10.1. The molecule has 0 atom stereocenters. The molecule has 19 heavy (non-hydrogen) atoms. The Hall–Kier alpha value is -2.63. The Balaban J connectivity index is 2.60. The SMILES string of the molecule is Cc1cccc2c(O)c(C=NCC(=O)O)c(=O)oc12. The van der Waals surface area contributed by atoms with E-state index in [0.717, 1.165) is 11.8 Å². The van der Waals surface area contributed by atoms with Crippen LogP contribution in [0.4, 0.5) is 0 Å². The second kappa shape index (κ2) is 4.93. The lowest BCUT2D eigenvalue weighted by molar-refractivity contribution is -0.135. The summed E-state index contributed by atoms with van der Waals surface area (Å²) in [5.41, 5.74) is 0.118. The van der Waals surface area contributed by atoms with Crippen LogP contribution in [0.25, 0.3) is 11.0 Å². The van der Waals surface area contributed by atoms with E-state index in [-0.39, 0.29) is 11.3 Å². The Bertz CT molecular complexity index is 730. The standard InChI is InChI=1S/C13H11NO5/c1-7-3-2-4-8-11(17)9(5-14-6-10(15)16)13(18)19-12(7)8/h2-5,17H,6H2,1H3,(H,15,16). The highest BCUT2D eigenvalue weighted by molar-refractivity contribution is 5.94. The lowest BCUT2D eigenvalue weighted by Gasteiger charge is -2.04. The maximum Gasteiger partial charge on any atom is 0.348 e. The summed E-state index contributed by atoms with van der Waals surface area (Å²) in [4.78, 5) is 25.6. The molecule has 0 fully saturated rings. The molecule has 1 aromatic heterocycles. The first kappa shape index (κ1) is 12.8. The molecule has 0 aliphatic rings. The van der Waals surface area contributed by atoms with E-state index in [4.69, 9.17) is 9.52 Å². The van der Waals surface area contributed by atoms with Gasteiger partial charge in [-0.15, -0.1) is 0 Å². The van der Waals surface area contributed by atoms with E-state index in [2.05, 4.69) is 4.99 Å². The highest BCUT2D eigenvalue weighted by Crippen LogP contribution is 2.27. The van der Waals surface area contributed by atoms with E-state index in [1.165, 1.54) is 0 Å². The van der Waals surface area contributed by atoms with Crippen LogP contribution in [0, 0.1) is 6.92 Å². The van der Waals surface area contributed by atoms with Crippen LogP contribution in [0.3, 0.4) is 0 Å². The van der Waals surface area contributed by atoms with Gasteiger partial charge in [-0.3, -0.25) is 9.79 Å². The van der Waals surface area contributed by atoms with Gasteiger partial charge in [-0.2, -0.15) is 0 Å². The van der Waals surface area contributed by atoms with Gasteiger partial charge < -0.3 is 14.6 Å². The van der Waals surface area contributed by atoms with Crippen molar-refractivity contribution < 1.29 is 19.4 Å². The molecule has 0 aliphatic carbocycles. The van der Waals surface area contributed by atoms with Crippen molar-refractivity contribution in [3.05, 3.63) is 39.7 Å². The number of aromatic hydroxyl groups is 1. The van der Waals surface area contributed by atoms with Crippen molar-refractivity contribution in [2.75, 3.05) is 6.54 Å². The van der Waals surface area contributed by atoms with E-state index >= 15 is 0 Å². The maximum atomic E-state index is 11.7. The molecular weight excluding hydrogens is 250 g/mol. The zero-order valence-corrected chi connectivity index (χ0v) is 10.1. The zero-order chi connectivity index (χ0) is 14.0. The average Bonchev–Trinajstić information content (AvgIpc) is 2.34. The molecule has 0 unspecified atom stereocenters. The molecular formula is C13H11NO5. The molecule has 0 saturated heterocycles. The molecule has 0 aliphatic heterocycles. The monoisotopic (exact) mass is 261 g/mol. The molecule has 2 N–H and O–H groups in total. The normalized spacial score (nSPS) is 11.2. The van der Waals surface area contributed by atoms with Crippen LogP contribution in [0.1, 0.15) is 11.1 Å². The van der Waals surface area contributed by atoms with E-state index < -0.39 is 18.1 Å². The highest BCUT2D eigenvalue weighted by Gasteiger charge is 2.13. The van der Waals surface area contributed by atoms with Gasteiger partial charge >= 0.3 is 11.6 Å². The summed E-state index contributed by atoms with van der Waals surface area (Å²) in [6.07, 6.45) is 1.01. The van der Waals surface area contributed by atoms with Crippen LogP contribution in [-0.4, -0.2) is 28.9 Å². The molecule has 6 heteroatoms. The van der Waals surface area contributed by atoms with Crippen LogP contribution in [0.2, 0.25) is 0 Å². The molecule has 6 nitrogen and oxygen atoms in total. The van der Waals surface area contributed by atoms with Gasteiger partial charge in [0.2, 0.25) is 0 Å². The quantitative estimate of drug-likeness (QED) is 0.641. The van der Waals surface area contributed by atoms with Crippen LogP contribution < -0.4 is 5.63 Å². The number of hydrogen-bond acceptors (Lipinski definition) is 5. The summed E-state index contributed by atoms with van der Waals surface area (Å²) in [5.74, 6) is -1.39. The molecule has 98 valence electrons. The van der Waals surface area contributed by atoms with Gasteiger partial charge in [0.05, 0.1) is 5.39 Å². The fourth-order valence-electron chi connectivity index (χ4n) is 1.69. The van der Waals surface area contributed by atoms with Crippen LogP contribution >= 0.6 is 0 Å². The highest BCUT2D eigenvalue weighted by atomic mass is 16.4. The summed E-state index contributed by atoms with van der Waals surface area (Å²) in [6.45, 7) is 1.27. The van der Waals surface area contributed by atoms with Gasteiger partial charge in [0.25, 0.3) is 0 Å². The number of para-hydroxylation sites is 1. The number of rotatable bonds is 3. The number of aryl methyl sites for hydroxylation is 1. The average molecular weight is 261 g/mol. The van der Waals surface area contributed by atoms with E-state index in [1.54, 1.807) is 25.1 Å². The first-order valence-corrected chi connectivity index (χ1v) is 5.47. The number of benzene rings is 1. The Morgan fingerprint density at radius 1 is 1.47 bits per heavy atom. The topological polar surface area (TPSA) is 100 Å². The second-order valence-corrected chi connectivity index (χ2v) is 3.97. The largest absolute Gasteiger partial charge is 0.506 e. The van der Waals surface area contributed by atoms with Crippen molar-refractivity contribution in [1.82, 2.24) is 0 Å². The predicted molar refractivity (Wildman–Crippen MR) is 69.0 cm³/mol. The van der Waals surface area contributed by atoms with Crippen LogP contribution in [0.5, 0.6) is 5.75 Å². The van der Waals surface area contributed by atoms with Gasteiger partial charge in [-0.25, -0.2) is 4.79 Å². The summed E-state index contributed by atoms with van der Waals surface area (Å²) in [5, 5.41) is 18.9. The maximum absolute atomic E-state index is 11.7. The second-order valence-electron chi connectivity index (χ2n) is 3.97. The minimum absolute atomic E-state index is 0.153. The number of fused-ring (bicyclic) bond motifs is 1. The predicted octanol–water partition coefficient (Wildman–Crippen LogP) is 1.31. The zero-order valence-electron chi connectivity index (χ0n) is 10.1. The van der Waals surface area contributed by atoms with E-state index in [9.17, 15) is 14.7 Å². The smallest absolute Gasteiger partial charge is 0.348 e. The number of aliphatic imine (C=N–C) groups is 1. The third-order valence-electron chi connectivity index (χ3n) is 2.58. The Labute approximate surface area is 107 Å². The van der Waals surface area contributed by atoms with Gasteiger partial charge in [0, 0.05) is 6.21 Å². The van der Waals surface area contributed by atoms with E-state index in [0.29, 0.717) is 11.0 Å². The van der Waals surface area contributed by atoms with Gasteiger partial charge in [0.1, 0.15) is 23.4 Å². The summed E-state index contributed by atoms with van der Waals surface area (Å²) >= 11 is 0. The molecule has 0 saturated carbocycles. The molecule has 2 aromatic rings. The molecule has 1 aromatic carbocycles. The van der Waals surface area contributed by atoms with Gasteiger partial charge in [-0.1, -0.05) is 12.1 Å². The molecule has 2 rings (SSSR count). The summed E-state index contributed by atoms with van der Waals surface area (Å²) in [6, 6.07) is 5.08. The number of carbonyl (C=O) groups is 1. The van der Waals surface area contributed by atoms with Crippen molar-refractivity contribution in [3.63, 3.8) is 0 Å². The fourth-order valence-corrected chi connectivity index (χ4v) is 1.69. The van der Waals surface area contributed by atoms with Gasteiger partial charge in [-0.05, 0) is 18.6 Å². The van der Waals surface area contributed by atoms with Crippen molar-refractivity contribution in [2.24, 2.45) is 4.99 Å². The number of carboxylic acid groups (broad SMARTS) is 1. The number of hydrogen-bond donors (Lipinski definition) is 2. The third kappa shape index (κ3) is 2.47. The molecule has 0 bridgehead atoms. The number of carboxylic acids is 1. The van der Waals surface area contributed by atoms with Crippen molar-refractivity contribution in [2.45, 2.75) is 6.92 Å². The molecule has 0 spiro atoms. The Kier molecular flexibility index (Phi) is 3.33. The Morgan fingerprint density at radius 2 is 2.21 bits per heavy atom. The molecule has 1 heterocycles. The minimum Gasteiger partial charge on any atom is -0.506 e. The first-order valence-electron chi connectivity index (χ1n) is 5.47. The number of nitrogens with zero attached hydrogens (tertiary/aromatic N) is 1. The van der Waals surface area contributed by atoms with Crippen LogP contribution in [0.15, 0.2) is 32.4 Å².